The first-order valence-electron chi connectivity index (χ1n) is 12.0. The van der Waals surface area contributed by atoms with Gasteiger partial charge in [0.1, 0.15) is 11.9 Å². The van der Waals surface area contributed by atoms with Crippen LogP contribution < -0.4 is 10.6 Å². The molecule has 1 saturated heterocycles. The van der Waals surface area contributed by atoms with Gasteiger partial charge in [0.05, 0.1) is 24.0 Å². The van der Waals surface area contributed by atoms with Crippen LogP contribution in [0.5, 0.6) is 0 Å². The van der Waals surface area contributed by atoms with Crippen molar-refractivity contribution in [2.45, 2.75) is 62.3 Å². The van der Waals surface area contributed by atoms with Gasteiger partial charge in [-0.1, -0.05) is 34.7 Å². The monoisotopic (exact) mass is 608 g/mol. The maximum absolute atomic E-state index is 13.6. The molecule has 0 radical (unpaired) electrons. The molecule has 0 saturated carbocycles. The number of urea groups is 1. The highest BCUT2D eigenvalue weighted by atomic mass is 127. The van der Waals surface area contributed by atoms with E-state index in [4.69, 9.17) is 4.74 Å². The van der Waals surface area contributed by atoms with Crippen molar-refractivity contribution >= 4 is 46.2 Å². The molecular weight excluding hydrogens is 575 g/mol. The molecule has 2 aliphatic rings. The van der Waals surface area contributed by atoms with E-state index >= 15 is 0 Å². The van der Waals surface area contributed by atoms with E-state index < -0.39 is 17.7 Å². The number of anilines is 1. The number of imidazole rings is 1. The molecule has 10 nitrogen and oxygen atoms in total. The fourth-order valence-corrected chi connectivity index (χ4v) is 5.24. The molecule has 0 bridgehead atoms. The zero-order chi connectivity index (χ0) is 26.0. The van der Waals surface area contributed by atoms with E-state index in [2.05, 4.69) is 38.2 Å². The number of nitrogens with zero attached hydrogens (tertiary/aromatic N) is 4. The lowest BCUT2D eigenvalue weighted by atomic mass is 9.95. The fraction of sp³-hybridized carbons (Fsp3) is 0.520. The normalized spacial score (nSPS) is 17.2. The lowest BCUT2D eigenvalue weighted by Gasteiger charge is -2.40. The van der Waals surface area contributed by atoms with Gasteiger partial charge in [-0.3, -0.25) is 9.36 Å². The van der Waals surface area contributed by atoms with Crippen LogP contribution in [0.2, 0.25) is 0 Å². The van der Waals surface area contributed by atoms with Gasteiger partial charge in [0.15, 0.2) is 0 Å². The quantitative estimate of drug-likeness (QED) is 0.370. The van der Waals surface area contributed by atoms with Gasteiger partial charge < -0.3 is 25.2 Å². The Labute approximate surface area is 224 Å². The molecule has 0 spiro atoms. The zero-order valence-corrected chi connectivity index (χ0v) is 23.2. The molecule has 0 aliphatic carbocycles. The molecule has 36 heavy (non-hydrogen) atoms. The van der Waals surface area contributed by atoms with Gasteiger partial charge in [0, 0.05) is 36.4 Å². The summed E-state index contributed by atoms with van der Waals surface area (Å²) in [7, 11) is 1.53. The summed E-state index contributed by atoms with van der Waals surface area (Å²) in [5.41, 5.74) is 1.79. The van der Waals surface area contributed by atoms with Crippen LogP contribution in [0, 0.1) is 6.92 Å². The number of methoxy groups -OCH3 is 1. The van der Waals surface area contributed by atoms with Crippen LogP contribution in [0.15, 0.2) is 30.5 Å². The summed E-state index contributed by atoms with van der Waals surface area (Å²) in [4.78, 5) is 47.1. The van der Waals surface area contributed by atoms with Crippen LogP contribution in [0.1, 0.15) is 43.8 Å². The number of aryl methyl sites for hydroxylation is 1. The van der Waals surface area contributed by atoms with E-state index in [-0.39, 0.29) is 18.0 Å². The van der Waals surface area contributed by atoms with E-state index in [1.54, 1.807) is 29.5 Å². The maximum Gasteiger partial charge on any atom is 0.330 e. The number of halogens is 1. The Morgan fingerprint density at radius 2 is 1.89 bits per heavy atom. The number of benzene rings is 1. The Morgan fingerprint density at radius 3 is 2.47 bits per heavy atom. The molecule has 2 aromatic rings. The molecule has 2 aliphatic heterocycles. The smallest absolute Gasteiger partial charge is 0.330 e. The summed E-state index contributed by atoms with van der Waals surface area (Å²) in [5.74, 6) is 0.495. The molecule has 11 heteroatoms. The summed E-state index contributed by atoms with van der Waals surface area (Å²) < 4.78 is 8.14. The molecule has 194 valence electrons. The van der Waals surface area contributed by atoms with E-state index in [9.17, 15) is 14.4 Å². The number of aromatic nitrogens is 2. The Kier molecular flexibility index (Phi) is 7.88. The zero-order valence-electron chi connectivity index (χ0n) is 21.1. The van der Waals surface area contributed by atoms with Crippen LogP contribution in [-0.2, 0) is 20.5 Å². The number of carbonyl (C=O) groups excluding carboxylic acids is 3. The topological polar surface area (TPSA) is 109 Å². The van der Waals surface area contributed by atoms with E-state index in [1.165, 1.54) is 7.11 Å². The summed E-state index contributed by atoms with van der Waals surface area (Å²) in [6, 6.07) is 6.24. The van der Waals surface area contributed by atoms with Crippen molar-refractivity contribution in [3.63, 3.8) is 0 Å². The largest absolute Gasteiger partial charge is 0.376 e. The molecule has 1 atom stereocenters. The third-order valence-electron chi connectivity index (χ3n) is 7.11. The van der Waals surface area contributed by atoms with Gasteiger partial charge in [-0.2, -0.15) is 0 Å². The highest BCUT2D eigenvalue weighted by Crippen LogP contribution is 2.27. The molecule has 1 aromatic carbocycles. The molecule has 1 fully saturated rings. The molecule has 2 N–H and O–H groups in total. The number of alkyl halides is 1. The van der Waals surface area contributed by atoms with E-state index in [0.29, 0.717) is 44.0 Å². The number of piperidine rings is 1. The second-order valence-electron chi connectivity index (χ2n) is 9.77. The van der Waals surface area contributed by atoms with Crippen molar-refractivity contribution in [3.05, 3.63) is 47.5 Å². The Morgan fingerprint density at radius 1 is 1.22 bits per heavy atom. The standard InChI is InChI=1S/C25H33IN6O4/c1-16-27-14-20-15-31(24(35)32(16)20)19-9-11-30(12-10-19)22(33)21(25(2,3)36-4)29-23(34)28-18-7-5-17(13-26)6-8-18/h5-8,14,19,21H,9-13,15H2,1-4H3,(H2,28,29,34). The fourth-order valence-electron chi connectivity index (χ4n) is 4.73. The van der Waals surface area contributed by atoms with Crippen molar-refractivity contribution in [3.8, 4) is 0 Å². The Hall–Kier alpha value is -2.67. The van der Waals surface area contributed by atoms with Gasteiger partial charge in [-0.25, -0.2) is 14.6 Å². The predicted molar refractivity (Wildman–Crippen MR) is 144 cm³/mol. The van der Waals surface area contributed by atoms with Crippen LogP contribution in [0.3, 0.4) is 0 Å². The minimum absolute atomic E-state index is 0.0481. The first kappa shape index (κ1) is 26.4. The first-order valence-corrected chi connectivity index (χ1v) is 13.6. The molecule has 4 amide bonds. The van der Waals surface area contributed by atoms with Gasteiger partial charge >= 0.3 is 12.1 Å². The summed E-state index contributed by atoms with van der Waals surface area (Å²) >= 11 is 2.28. The number of amides is 4. The average molecular weight is 608 g/mol. The van der Waals surface area contributed by atoms with Crippen LogP contribution in [0.4, 0.5) is 15.3 Å². The van der Waals surface area contributed by atoms with Gasteiger partial charge in [-0.15, -0.1) is 0 Å². The maximum atomic E-state index is 13.6. The summed E-state index contributed by atoms with van der Waals surface area (Å²) in [6.45, 7) is 6.93. The Bertz CT molecular complexity index is 1120. The van der Waals surface area contributed by atoms with E-state index in [0.717, 1.165) is 15.7 Å². The van der Waals surface area contributed by atoms with Gasteiger partial charge in [0.2, 0.25) is 5.91 Å². The van der Waals surface area contributed by atoms with Crippen molar-refractivity contribution in [2.75, 3.05) is 25.5 Å². The minimum Gasteiger partial charge on any atom is -0.376 e. The summed E-state index contributed by atoms with van der Waals surface area (Å²) in [6.07, 6.45) is 3.09. The predicted octanol–water partition coefficient (Wildman–Crippen LogP) is 3.52. The van der Waals surface area contributed by atoms with Crippen molar-refractivity contribution in [1.82, 2.24) is 24.7 Å². The lowest BCUT2D eigenvalue weighted by molar-refractivity contribution is -0.141. The number of carbonyl (C=O) groups is 3. The molecular formula is C25H33IN6O4. The molecule has 3 heterocycles. The summed E-state index contributed by atoms with van der Waals surface area (Å²) in [5, 5.41) is 5.63. The number of rotatable bonds is 7. The molecule has 1 aromatic heterocycles. The molecule has 4 rings (SSSR count). The number of hydrogen-bond donors (Lipinski definition) is 2. The highest BCUT2D eigenvalue weighted by molar-refractivity contribution is 14.1. The number of ether oxygens (including phenoxy) is 1. The third kappa shape index (κ3) is 5.36. The van der Waals surface area contributed by atoms with Crippen molar-refractivity contribution in [2.24, 2.45) is 0 Å². The minimum atomic E-state index is -0.921. The van der Waals surface area contributed by atoms with Crippen molar-refractivity contribution in [1.29, 1.82) is 0 Å². The third-order valence-corrected chi connectivity index (χ3v) is 7.99. The van der Waals surface area contributed by atoms with E-state index in [1.807, 2.05) is 36.1 Å². The number of likely N-dealkylation sites (tertiary alicyclic amines) is 1. The Balaban J connectivity index is 1.38. The average Bonchev–Trinajstić information content (AvgIpc) is 3.41. The van der Waals surface area contributed by atoms with Crippen molar-refractivity contribution < 1.29 is 19.1 Å². The van der Waals surface area contributed by atoms with Crippen LogP contribution in [0.25, 0.3) is 0 Å². The van der Waals surface area contributed by atoms with Crippen LogP contribution >= 0.6 is 22.6 Å². The second-order valence-corrected chi connectivity index (χ2v) is 10.5. The van der Waals surface area contributed by atoms with Gasteiger partial charge in [-0.05, 0) is 51.3 Å². The van der Waals surface area contributed by atoms with Crippen LogP contribution in [-0.4, -0.2) is 75.2 Å². The number of hydrogen-bond acceptors (Lipinski definition) is 5. The highest BCUT2D eigenvalue weighted by Gasteiger charge is 2.42. The number of nitrogens with one attached hydrogen (secondary N) is 2. The SMILES string of the molecule is COC(C)(C)C(NC(=O)Nc1ccc(CI)cc1)C(=O)N1CCC(N2Cc3cnc(C)n3C2=O)CC1. The molecule has 1 unspecified atom stereocenters. The number of fused-ring (bicyclic) bond motifs is 1. The van der Waals surface area contributed by atoms with Gasteiger partial charge in [0.25, 0.3) is 0 Å². The first-order chi connectivity index (χ1) is 17.1. The second kappa shape index (κ2) is 10.8. The lowest BCUT2D eigenvalue weighted by Crippen LogP contribution is -2.61.